The molecule has 2 N–H and O–H groups in total. The number of hydrogen-bond donors (Lipinski definition) is 2. The molecule has 0 spiro atoms. The minimum absolute atomic E-state index is 0.388. The Kier molecular flexibility index (Phi) is 4.45. The van der Waals surface area contributed by atoms with Crippen LogP contribution in [-0.2, 0) is 4.74 Å². The third-order valence-corrected chi connectivity index (χ3v) is 2.28. The van der Waals surface area contributed by atoms with Gasteiger partial charge in [-0.25, -0.2) is 0 Å². The molecule has 1 atom stereocenters. The number of hydrogen-bond acceptors (Lipinski definition) is 2. The standard InChI is InChI=1S/C9H18N2OS/c1-7(5-6-12-2)10-9(13)11-8-3-4-8/h7-8H,3-6H2,1-2H3,(H2,10,11,13). The SMILES string of the molecule is COCCC(C)NC(=S)NC1CC1. The summed E-state index contributed by atoms with van der Waals surface area (Å²) in [6, 6.07) is 1.02. The summed E-state index contributed by atoms with van der Waals surface area (Å²) in [6.07, 6.45) is 3.51. The molecule has 0 aromatic rings. The van der Waals surface area contributed by atoms with Gasteiger partial charge in [0, 0.05) is 25.8 Å². The molecule has 0 radical (unpaired) electrons. The summed E-state index contributed by atoms with van der Waals surface area (Å²) in [5.74, 6) is 0. The van der Waals surface area contributed by atoms with E-state index in [-0.39, 0.29) is 0 Å². The Hall–Kier alpha value is -0.350. The third kappa shape index (κ3) is 5.05. The molecule has 1 unspecified atom stereocenters. The molecular formula is C9H18N2OS. The minimum Gasteiger partial charge on any atom is -0.385 e. The van der Waals surface area contributed by atoms with Crippen molar-refractivity contribution >= 4 is 17.3 Å². The molecule has 0 saturated heterocycles. The van der Waals surface area contributed by atoms with Crippen LogP contribution in [0.2, 0.25) is 0 Å². The Labute approximate surface area is 85.2 Å². The lowest BCUT2D eigenvalue weighted by atomic mass is 10.2. The smallest absolute Gasteiger partial charge is 0.166 e. The molecule has 1 rings (SSSR count). The van der Waals surface area contributed by atoms with Crippen LogP contribution in [0.5, 0.6) is 0 Å². The summed E-state index contributed by atoms with van der Waals surface area (Å²) in [6.45, 7) is 2.89. The van der Waals surface area contributed by atoms with E-state index in [4.69, 9.17) is 17.0 Å². The Morgan fingerprint density at radius 3 is 2.85 bits per heavy atom. The highest BCUT2D eigenvalue weighted by atomic mass is 32.1. The van der Waals surface area contributed by atoms with Crippen molar-refractivity contribution in [2.24, 2.45) is 0 Å². The van der Waals surface area contributed by atoms with Crippen molar-refractivity contribution in [1.29, 1.82) is 0 Å². The summed E-state index contributed by atoms with van der Waals surface area (Å²) in [5, 5.41) is 7.25. The van der Waals surface area contributed by atoms with Crippen LogP contribution in [-0.4, -0.2) is 30.9 Å². The monoisotopic (exact) mass is 202 g/mol. The lowest BCUT2D eigenvalue weighted by Crippen LogP contribution is -2.41. The average Bonchev–Trinajstić information content (AvgIpc) is 2.84. The number of methoxy groups -OCH3 is 1. The van der Waals surface area contributed by atoms with Gasteiger partial charge in [0.25, 0.3) is 0 Å². The van der Waals surface area contributed by atoms with Gasteiger partial charge < -0.3 is 15.4 Å². The molecule has 0 aromatic heterocycles. The summed E-state index contributed by atoms with van der Waals surface area (Å²) < 4.78 is 4.98. The van der Waals surface area contributed by atoms with Crippen LogP contribution in [0.25, 0.3) is 0 Å². The molecular weight excluding hydrogens is 184 g/mol. The van der Waals surface area contributed by atoms with Crippen LogP contribution in [0.4, 0.5) is 0 Å². The fraction of sp³-hybridized carbons (Fsp3) is 0.889. The molecule has 76 valence electrons. The number of thiocarbonyl (C=S) groups is 1. The van der Waals surface area contributed by atoms with Crippen LogP contribution in [0.15, 0.2) is 0 Å². The van der Waals surface area contributed by atoms with Gasteiger partial charge in [-0.1, -0.05) is 0 Å². The van der Waals surface area contributed by atoms with Crippen LogP contribution in [0.3, 0.4) is 0 Å². The number of ether oxygens (including phenoxy) is 1. The van der Waals surface area contributed by atoms with Gasteiger partial charge in [0.2, 0.25) is 0 Å². The van der Waals surface area contributed by atoms with Gasteiger partial charge in [-0.2, -0.15) is 0 Å². The summed E-state index contributed by atoms with van der Waals surface area (Å²) in [7, 11) is 1.72. The third-order valence-electron chi connectivity index (χ3n) is 2.05. The predicted molar refractivity (Wildman–Crippen MR) is 57.8 cm³/mol. The van der Waals surface area contributed by atoms with Gasteiger partial charge in [0.15, 0.2) is 5.11 Å². The van der Waals surface area contributed by atoms with Crippen LogP contribution >= 0.6 is 12.2 Å². The van der Waals surface area contributed by atoms with Crippen LogP contribution in [0, 0.1) is 0 Å². The maximum absolute atomic E-state index is 5.13. The minimum atomic E-state index is 0.388. The first kappa shape index (κ1) is 10.7. The maximum Gasteiger partial charge on any atom is 0.166 e. The van der Waals surface area contributed by atoms with Crippen LogP contribution < -0.4 is 10.6 Å². The maximum atomic E-state index is 5.13. The first-order valence-electron chi connectivity index (χ1n) is 4.78. The zero-order valence-electron chi connectivity index (χ0n) is 8.30. The lowest BCUT2D eigenvalue weighted by molar-refractivity contribution is 0.187. The molecule has 3 nitrogen and oxygen atoms in total. The molecule has 1 aliphatic rings. The molecule has 0 aromatic carbocycles. The zero-order valence-corrected chi connectivity index (χ0v) is 9.12. The Balaban J connectivity index is 2.03. The first-order valence-corrected chi connectivity index (χ1v) is 5.19. The second-order valence-corrected chi connectivity index (χ2v) is 3.98. The second-order valence-electron chi connectivity index (χ2n) is 3.57. The van der Waals surface area contributed by atoms with E-state index in [2.05, 4.69) is 17.6 Å². The normalized spacial score (nSPS) is 18.0. The van der Waals surface area contributed by atoms with Gasteiger partial charge in [0.05, 0.1) is 0 Å². The highest BCUT2D eigenvalue weighted by Gasteiger charge is 2.21. The summed E-state index contributed by atoms with van der Waals surface area (Å²) in [5.41, 5.74) is 0. The van der Waals surface area contributed by atoms with E-state index in [0.29, 0.717) is 12.1 Å². The van der Waals surface area contributed by atoms with Gasteiger partial charge >= 0.3 is 0 Å². The fourth-order valence-corrected chi connectivity index (χ4v) is 1.41. The Bertz CT molecular complexity index is 171. The van der Waals surface area contributed by atoms with E-state index in [1.54, 1.807) is 7.11 Å². The molecule has 0 bridgehead atoms. The highest BCUT2D eigenvalue weighted by Crippen LogP contribution is 2.18. The average molecular weight is 202 g/mol. The van der Waals surface area contributed by atoms with Crippen LogP contribution in [0.1, 0.15) is 26.2 Å². The number of rotatable bonds is 5. The molecule has 1 aliphatic carbocycles. The van der Waals surface area contributed by atoms with E-state index >= 15 is 0 Å². The van der Waals surface area contributed by atoms with E-state index in [0.717, 1.165) is 18.1 Å². The predicted octanol–water partition coefficient (Wildman–Crippen LogP) is 1.04. The fourth-order valence-electron chi connectivity index (χ4n) is 1.05. The first-order chi connectivity index (χ1) is 6.22. The van der Waals surface area contributed by atoms with Gasteiger partial charge in [-0.3, -0.25) is 0 Å². The van der Waals surface area contributed by atoms with E-state index in [1.807, 2.05) is 0 Å². The van der Waals surface area contributed by atoms with Crippen molar-refractivity contribution in [2.75, 3.05) is 13.7 Å². The van der Waals surface area contributed by atoms with Gasteiger partial charge in [-0.15, -0.1) is 0 Å². The molecule has 1 fully saturated rings. The molecule has 0 heterocycles. The van der Waals surface area contributed by atoms with E-state index in [9.17, 15) is 0 Å². The van der Waals surface area contributed by atoms with Crippen molar-refractivity contribution in [3.63, 3.8) is 0 Å². The quantitative estimate of drug-likeness (QED) is 0.653. The summed E-state index contributed by atoms with van der Waals surface area (Å²) >= 11 is 5.13. The van der Waals surface area contributed by atoms with Gasteiger partial charge in [-0.05, 0) is 38.4 Å². The molecule has 0 aliphatic heterocycles. The van der Waals surface area contributed by atoms with Crippen molar-refractivity contribution in [1.82, 2.24) is 10.6 Å². The van der Waals surface area contributed by atoms with Gasteiger partial charge in [0.1, 0.15) is 0 Å². The topological polar surface area (TPSA) is 33.3 Å². The van der Waals surface area contributed by atoms with E-state index < -0.39 is 0 Å². The second kappa shape index (κ2) is 5.40. The van der Waals surface area contributed by atoms with Crippen molar-refractivity contribution in [3.8, 4) is 0 Å². The molecule has 4 heteroatoms. The van der Waals surface area contributed by atoms with E-state index in [1.165, 1.54) is 12.8 Å². The highest BCUT2D eigenvalue weighted by molar-refractivity contribution is 7.80. The Morgan fingerprint density at radius 2 is 2.31 bits per heavy atom. The molecule has 1 saturated carbocycles. The number of nitrogens with one attached hydrogen (secondary N) is 2. The van der Waals surface area contributed by atoms with Crippen molar-refractivity contribution in [2.45, 2.75) is 38.3 Å². The lowest BCUT2D eigenvalue weighted by Gasteiger charge is -2.16. The molecule has 0 amide bonds. The summed E-state index contributed by atoms with van der Waals surface area (Å²) in [4.78, 5) is 0. The van der Waals surface area contributed by atoms with Crippen molar-refractivity contribution in [3.05, 3.63) is 0 Å². The molecule has 13 heavy (non-hydrogen) atoms. The Morgan fingerprint density at radius 1 is 1.62 bits per heavy atom. The largest absolute Gasteiger partial charge is 0.385 e. The zero-order chi connectivity index (χ0) is 9.68. The van der Waals surface area contributed by atoms with Crippen molar-refractivity contribution < 1.29 is 4.74 Å².